The quantitative estimate of drug-likeness (QED) is 0.137. The fourth-order valence-corrected chi connectivity index (χ4v) is 9.24. The van der Waals surface area contributed by atoms with Crippen LogP contribution in [-0.4, -0.2) is 19.5 Å². The van der Waals surface area contributed by atoms with E-state index in [1.165, 1.54) is 11.1 Å². The predicted molar refractivity (Wildman–Crippen MR) is 281 cm³/mol. The Labute approximate surface area is 395 Å². The summed E-state index contributed by atoms with van der Waals surface area (Å²) >= 11 is 0. The zero-order chi connectivity index (χ0) is 45.2. The second-order valence-electron chi connectivity index (χ2n) is 16.9. The van der Waals surface area contributed by atoms with Crippen molar-refractivity contribution < 1.29 is 0 Å². The van der Waals surface area contributed by atoms with Gasteiger partial charge in [-0.1, -0.05) is 218 Å². The van der Waals surface area contributed by atoms with Crippen molar-refractivity contribution in [3.05, 3.63) is 261 Å². The molecule has 5 heteroatoms. The van der Waals surface area contributed by atoms with Gasteiger partial charge in [0, 0.05) is 39.0 Å². The fraction of sp³-hybridized carbons (Fsp3) is 0. The molecule has 10 aromatic carbocycles. The highest BCUT2D eigenvalue weighted by Gasteiger charge is 2.22. The van der Waals surface area contributed by atoms with Gasteiger partial charge in [-0.2, -0.15) is 9.97 Å². The van der Waals surface area contributed by atoms with Crippen LogP contribution in [0.3, 0.4) is 0 Å². The molecule has 0 fully saturated rings. The standard InChI is InChI=1S/C63H43N5/c1-6-16-44(17-7-1)48-26-28-52(29-27-48)62-64-61(51-24-14-5-15-25-51)65-63(66-62)68-59-42-53(47-22-12-4-13-23-47)34-40-57(59)58-41-39-56(43-60(58)68)67(54-35-30-49(31-36-54)45-18-8-2-9-19-45)55-37-32-50(33-38-55)46-20-10-3-11-21-46/h1-43H. The summed E-state index contributed by atoms with van der Waals surface area (Å²) in [4.78, 5) is 18.2. The molecule has 2 heterocycles. The van der Waals surface area contributed by atoms with Crippen LogP contribution >= 0.6 is 0 Å². The predicted octanol–water partition coefficient (Wildman–Crippen LogP) is 16.4. The molecule has 68 heavy (non-hydrogen) atoms. The fourth-order valence-electron chi connectivity index (χ4n) is 9.24. The monoisotopic (exact) mass is 869 g/mol. The van der Waals surface area contributed by atoms with Gasteiger partial charge in [0.25, 0.3) is 0 Å². The van der Waals surface area contributed by atoms with Gasteiger partial charge in [-0.3, -0.25) is 4.57 Å². The first-order valence-corrected chi connectivity index (χ1v) is 22.9. The van der Waals surface area contributed by atoms with Gasteiger partial charge < -0.3 is 4.90 Å². The molecule has 0 atom stereocenters. The first-order chi connectivity index (χ1) is 33.7. The minimum atomic E-state index is 0.536. The van der Waals surface area contributed by atoms with Gasteiger partial charge in [0.15, 0.2) is 11.6 Å². The van der Waals surface area contributed by atoms with Crippen molar-refractivity contribution in [2.45, 2.75) is 0 Å². The second-order valence-corrected chi connectivity index (χ2v) is 16.9. The molecular formula is C63H43N5. The van der Waals surface area contributed by atoms with Crippen molar-refractivity contribution in [2.24, 2.45) is 0 Å². The summed E-state index contributed by atoms with van der Waals surface area (Å²) in [5.41, 5.74) is 16.1. The lowest BCUT2D eigenvalue weighted by Gasteiger charge is -2.26. The summed E-state index contributed by atoms with van der Waals surface area (Å²) in [6.07, 6.45) is 0. The third kappa shape index (κ3) is 7.78. The van der Waals surface area contributed by atoms with Crippen LogP contribution in [0.15, 0.2) is 261 Å². The number of anilines is 3. The zero-order valence-electron chi connectivity index (χ0n) is 37.1. The molecule has 0 aliphatic carbocycles. The highest BCUT2D eigenvalue weighted by Crippen LogP contribution is 2.42. The van der Waals surface area contributed by atoms with Gasteiger partial charge in [-0.05, 0) is 87.0 Å². The summed E-state index contributed by atoms with van der Waals surface area (Å²) in [6.45, 7) is 0. The lowest BCUT2D eigenvalue weighted by Crippen LogP contribution is -2.10. The molecule has 12 rings (SSSR count). The summed E-state index contributed by atoms with van der Waals surface area (Å²) in [5, 5.41) is 2.20. The third-order valence-electron chi connectivity index (χ3n) is 12.7. The van der Waals surface area contributed by atoms with Crippen molar-refractivity contribution in [3.63, 3.8) is 0 Å². The molecule has 0 saturated heterocycles. The molecule has 0 amide bonds. The van der Waals surface area contributed by atoms with Crippen molar-refractivity contribution in [2.75, 3.05) is 4.90 Å². The van der Waals surface area contributed by atoms with E-state index in [1.54, 1.807) is 0 Å². The molecule has 0 spiro atoms. The molecule has 12 aromatic rings. The Kier molecular flexibility index (Phi) is 10.5. The number of hydrogen-bond acceptors (Lipinski definition) is 4. The molecule has 0 aliphatic heterocycles. The van der Waals surface area contributed by atoms with Crippen LogP contribution < -0.4 is 4.90 Å². The normalized spacial score (nSPS) is 11.2. The molecular weight excluding hydrogens is 827 g/mol. The molecule has 320 valence electrons. The number of fused-ring (bicyclic) bond motifs is 3. The molecule has 0 bridgehead atoms. The molecule has 0 N–H and O–H groups in total. The Morgan fingerprint density at radius 3 is 1.01 bits per heavy atom. The summed E-state index contributed by atoms with van der Waals surface area (Å²) in [7, 11) is 0. The summed E-state index contributed by atoms with van der Waals surface area (Å²) in [6, 6.07) is 91.9. The maximum absolute atomic E-state index is 5.37. The summed E-state index contributed by atoms with van der Waals surface area (Å²) in [5.74, 6) is 1.73. The number of aromatic nitrogens is 4. The van der Waals surface area contributed by atoms with Gasteiger partial charge in [-0.25, -0.2) is 4.98 Å². The van der Waals surface area contributed by atoms with E-state index in [0.717, 1.165) is 83.4 Å². The number of rotatable bonds is 10. The van der Waals surface area contributed by atoms with Gasteiger partial charge >= 0.3 is 0 Å². The highest BCUT2D eigenvalue weighted by molar-refractivity contribution is 6.11. The average Bonchev–Trinajstić information content (AvgIpc) is 3.75. The number of nitrogens with zero attached hydrogens (tertiary/aromatic N) is 5. The minimum absolute atomic E-state index is 0.536. The zero-order valence-corrected chi connectivity index (χ0v) is 37.1. The maximum atomic E-state index is 5.37. The largest absolute Gasteiger partial charge is 0.310 e. The smallest absolute Gasteiger partial charge is 0.238 e. The molecule has 0 unspecified atom stereocenters. The van der Waals surface area contributed by atoms with Gasteiger partial charge in [-0.15, -0.1) is 0 Å². The Morgan fingerprint density at radius 1 is 0.250 bits per heavy atom. The van der Waals surface area contributed by atoms with E-state index in [9.17, 15) is 0 Å². The minimum Gasteiger partial charge on any atom is -0.310 e. The van der Waals surface area contributed by atoms with Crippen LogP contribution in [0, 0.1) is 0 Å². The van der Waals surface area contributed by atoms with Crippen LogP contribution in [-0.2, 0) is 0 Å². The van der Waals surface area contributed by atoms with Crippen molar-refractivity contribution in [1.82, 2.24) is 19.5 Å². The van der Waals surface area contributed by atoms with Gasteiger partial charge in [0.2, 0.25) is 5.95 Å². The SMILES string of the molecule is c1ccc(-c2ccc(-c3nc(-c4ccccc4)nc(-n4c5cc(-c6ccccc6)ccc5c5ccc(N(c6ccc(-c7ccccc7)cc6)c6ccc(-c7ccccc7)cc6)cc54)n3)cc2)cc1. The highest BCUT2D eigenvalue weighted by atomic mass is 15.2. The molecule has 0 saturated carbocycles. The van der Waals surface area contributed by atoms with Gasteiger partial charge in [0.05, 0.1) is 11.0 Å². The van der Waals surface area contributed by atoms with Gasteiger partial charge in [0.1, 0.15) is 0 Å². The molecule has 0 radical (unpaired) electrons. The van der Waals surface area contributed by atoms with Crippen molar-refractivity contribution in [1.29, 1.82) is 0 Å². The van der Waals surface area contributed by atoms with E-state index < -0.39 is 0 Å². The Hall–Kier alpha value is -9.19. The van der Waals surface area contributed by atoms with E-state index in [-0.39, 0.29) is 0 Å². The van der Waals surface area contributed by atoms with Crippen LogP contribution in [0.1, 0.15) is 0 Å². The van der Waals surface area contributed by atoms with E-state index >= 15 is 0 Å². The topological polar surface area (TPSA) is 46.8 Å². The van der Waals surface area contributed by atoms with Crippen LogP contribution in [0.25, 0.3) is 95.0 Å². The Morgan fingerprint density at radius 2 is 0.559 bits per heavy atom. The lowest BCUT2D eigenvalue weighted by atomic mass is 10.0. The first-order valence-electron chi connectivity index (χ1n) is 22.9. The number of benzene rings is 10. The second kappa shape index (κ2) is 17.7. The average molecular weight is 870 g/mol. The molecule has 0 aliphatic rings. The first kappa shape index (κ1) is 40.3. The van der Waals surface area contributed by atoms with E-state index in [4.69, 9.17) is 15.0 Å². The van der Waals surface area contributed by atoms with E-state index in [2.05, 4.69) is 246 Å². The van der Waals surface area contributed by atoms with E-state index in [1.807, 2.05) is 24.3 Å². The number of hydrogen-bond donors (Lipinski definition) is 0. The Balaban J connectivity index is 1.07. The summed E-state index contributed by atoms with van der Waals surface area (Å²) < 4.78 is 2.23. The Bertz CT molecular complexity index is 3590. The maximum Gasteiger partial charge on any atom is 0.238 e. The van der Waals surface area contributed by atoms with Crippen LogP contribution in [0.2, 0.25) is 0 Å². The van der Waals surface area contributed by atoms with Crippen molar-refractivity contribution in [3.8, 4) is 73.2 Å². The lowest BCUT2D eigenvalue weighted by molar-refractivity contribution is 0.953. The van der Waals surface area contributed by atoms with Crippen LogP contribution in [0.5, 0.6) is 0 Å². The van der Waals surface area contributed by atoms with E-state index in [0.29, 0.717) is 17.6 Å². The van der Waals surface area contributed by atoms with Crippen molar-refractivity contribution >= 4 is 38.9 Å². The van der Waals surface area contributed by atoms with Crippen LogP contribution in [0.4, 0.5) is 17.1 Å². The molecule has 2 aromatic heterocycles. The molecule has 5 nitrogen and oxygen atoms in total. The third-order valence-corrected chi connectivity index (χ3v) is 12.7.